The molecule has 172 valence electrons. The fraction of sp³-hybridized carbons (Fsp3) is 0.591. The average molecular weight is 453 g/mol. The van der Waals surface area contributed by atoms with Crippen LogP contribution in [0, 0.1) is 5.92 Å². The van der Waals surface area contributed by atoms with E-state index in [1.165, 1.54) is 49.2 Å². The number of ketones is 1. The predicted octanol–water partition coefficient (Wildman–Crippen LogP) is 2.95. The van der Waals surface area contributed by atoms with E-state index in [2.05, 4.69) is 5.32 Å². The Bertz CT molecular complexity index is 752. The summed E-state index contributed by atoms with van der Waals surface area (Å²) in [6.45, 7) is 0.0874. The molecule has 1 aromatic carbocycles. The highest BCUT2D eigenvalue weighted by molar-refractivity contribution is 7.99. The summed E-state index contributed by atoms with van der Waals surface area (Å²) in [6, 6.07) is 4.41. The van der Waals surface area contributed by atoms with Crippen molar-refractivity contribution in [1.82, 2.24) is 0 Å². The van der Waals surface area contributed by atoms with Gasteiger partial charge in [-0.05, 0) is 43.2 Å². The molecule has 5 N–H and O–H groups in total. The Labute approximate surface area is 186 Å². The van der Waals surface area contributed by atoms with Crippen molar-refractivity contribution in [2.45, 2.75) is 51.0 Å². The number of carbonyl (C=O) groups is 3. The van der Waals surface area contributed by atoms with Crippen molar-refractivity contribution in [3.05, 3.63) is 23.8 Å². The Morgan fingerprint density at radius 2 is 1.97 bits per heavy atom. The minimum atomic E-state index is -1.24. The van der Waals surface area contributed by atoms with Crippen LogP contribution in [0.5, 0.6) is 0 Å². The highest BCUT2D eigenvalue weighted by Crippen LogP contribution is 2.23. The Balaban J connectivity index is 1.74. The Morgan fingerprint density at radius 1 is 1.23 bits per heavy atom. The average Bonchev–Trinajstić information content (AvgIpc) is 2.76. The fourth-order valence-corrected chi connectivity index (χ4v) is 4.13. The molecule has 0 spiro atoms. The van der Waals surface area contributed by atoms with Crippen molar-refractivity contribution in [2.24, 2.45) is 5.92 Å². The van der Waals surface area contributed by atoms with E-state index in [1.54, 1.807) is 0 Å². The molecule has 1 aliphatic carbocycles. The van der Waals surface area contributed by atoms with Gasteiger partial charge in [0.2, 0.25) is 5.91 Å². The lowest BCUT2D eigenvalue weighted by Crippen LogP contribution is -2.22. The molecule has 0 aromatic heterocycles. The van der Waals surface area contributed by atoms with Crippen molar-refractivity contribution >= 4 is 40.8 Å². The van der Waals surface area contributed by atoms with Crippen molar-refractivity contribution < 1.29 is 29.3 Å². The molecule has 0 radical (unpaired) electrons. The van der Waals surface area contributed by atoms with Gasteiger partial charge in [0, 0.05) is 18.6 Å². The fourth-order valence-electron chi connectivity index (χ4n) is 3.40. The summed E-state index contributed by atoms with van der Waals surface area (Å²) in [7, 11) is 0. The molecular formula is C22H32N2O6S. The number of nitrogens with two attached hydrogens (primary N) is 1. The van der Waals surface area contributed by atoms with Crippen LogP contribution in [0.2, 0.25) is 0 Å². The quantitative estimate of drug-likeness (QED) is 0.203. The van der Waals surface area contributed by atoms with Gasteiger partial charge in [-0.15, -0.1) is 0 Å². The van der Waals surface area contributed by atoms with E-state index in [-0.39, 0.29) is 23.6 Å². The molecule has 0 bridgehead atoms. The smallest absolute Gasteiger partial charge is 0.309 e. The van der Waals surface area contributed by atoms with Crippen LogP contribution in [0.25, 0.3) is 0 Å². The molecule has 0 saturated heterocycles. The van der Waals surface area contributed by atoms with Crippen molar-refractivity contribution in [3.63, 3.8) is 0 Å². The number of thioether (sulfide) groups is 1. The second-order valence-corrected chi connectivity index (χ2v) is 8.84. The molecule has 9 heteroatoms. The molecule has 0 aliphatic heterocycles. The third-order valence-corrected chi connectivity index (χ3v) is 6.27. The zero-order chi connectivity index (χ0) is 22.6. The number of rotatable bonds is 13. The van der Waals surface area contributed by atoms with Gasteiger partial charge in [0.1, 0.15) is 0 Å². The third kappa shape index (κ3) is 8.88. The van der Waals surface area contributed by atoms with Crippen LogP contribution in [0.1, 0.15) is 55.3 Å². The second-order valence-electron chi connectivity index (χ2n) is 7.73. The number of Topliss-reactive ketones (excluding diaryl/α,β-unsaturated/α-hetero) is 1. The number of anilines is 2. The minimum absolute atomic E-state index is 0.228. The monoisotopic (exact) mass is 452 g/mol. The molecule has 1 fully saturated rings. The second kappa shape index (κ2) is 13.3. The lowest BCUT2D eigenvalue weighted by Gasteiger charge is -2.21. The lowest BCUT2D eigenvalue weighted by atomic mass is 9.98. The predicted molar refractivity (Wildman–Crippen MR) is 121 cm³/mol. The molecule has 1 aromatic rings. The first-order valence-electron chi connectivity index (χ1n) is 10.7. The number of hydrogen-bond donors (Lipinski definition) is 4. The van der Waals surface area contributed by atoms with Gasteiger partial charge < -0.3 is 26.0 Å². The van der Waals surface area contributed by atoms with Crippen molar-refractivity contribution in [1.29, 1.82) is 0 Å². The molecule has 1 amide bonds. The maximum atomic E-state index is 12.3. The summed E-state index contributed by atoms with van der Waals surface area (Å²) in [5.41, 5.74) is 6.75. The molecule has 31 heavy (non-hydrogen) atoms. The first-order chi connectivity index (χ1) is 14.9. The summed E-state index contributed by atoms with van der Waals surface area (Å²) >= 11 is 1.51. The molecule has 1 saturated carbocycles. The van der Waals surface area contributed by atoms with Gasteiger partial charge in [-0.1, -0.05) is 19.3 Å². The molecule has 1 atom stereocenters. The number of aliphatic carboxylic acids is 1. The largest absolute Gasteiger partial charge is 0.481 e. The summed E-state index contributed by atoms with van der Waals surface area (Å²) in [6.07, 6.45) is 7.04. The lowest BCUT2D eigenvalue weighted by molar-refractivity contribution is -0.143. The Kier molecular flexibility index (Phi) is 10.8. The van der Waals surface area contributed by atoms with Gasteiger partial charge in [0.25, 0.3) is 0 Å². The number of carboxylic acids is 1. The van der Waals surface area contributed by atoms with E-state index in [4.69, 9.17) is 20.7 Å². The number of carbonyl (C=O) groups excluding carboxylic acids is 2. The van der Waals surface area contributed by atoms with E-state index < -0.39 is 24.3 Å². The van der Waals surface area contributed by atoms with Crippen LogP contribution in [0.15, 0.2) is 18.2 Å². The topological polar surface area (TPSA) is 139 Å². The first-order valence-corrected chi connectivity index (χ1v) is 11.8. The summed E-state index contributed by atoms with van der Waals surface area (Å²) in [4.78, 5) is 35.5. The zero-order valence-electron chi connectivity index (χ0n) is 17.7. The van der Waals surface area contributed by atoms with E-state index >= 15 is 0 Å². The van der Waals surface area contributed by atoms with E-state index in [1.807, 2.05) is 0 Å². The number of nitrogens with one attached hydrogen (secondary N) is 1. The molecule has 1 unspecified atom stereocenters. The third-order valence-electron chi connectivity index (χ3n) is 5.22. The number of aliphatic hydroxyl groups excluding tert-OH is 1. The normalized spacial score (nSPS) is 15.4. The molecule has 1 aliphatic rings. The first kappa shape index (κ1) is 25.2. The standard InChI is InChI=1S/C22H32N2O6S/c23-18-8-7-15(20(26)12-16(13-25)22(28)29)11-19(18)24-21(27)14-31-10-4-9-30-17-5-2-1-3-6-17/h7-8,11,16-17,25H,1-6,9-10,12-14,23H2,(H,24,27)(H,28,29). The summed E-state index contributed by atoms with van der Waals surface area (Å²) in [5.74, 6) is -2.00. The van der Waals surface area contributed by atoms with Crippen LogP contribution in [0.3, 0.4) is 0 Å². The van der Waals surface area contributed by atoms with Crippen LogP contribution >= 0.6 is 11.8 Å². The molecular weight excluding hydrogens is 420 g/mol. The number of carboxylic acid groups (broad SMARTS) is 1. The van der Waals surface area contributed by atoms with Crippen LogP contribution < -0.4 is 11.1 Å². The van der Waals surface area contributed by atoms with Gasteiger partial charge in [0.15, 0.2) is 5.78 Å². The molecule has 8 nitrogen and oxygen atoms in total. The van der Waals surface area contributed by atoms with Crippen LogP contribution in [-0.2, 0) is 14.3 Å². The number of nitrogen functional groups attached to an aromatic ring is 1. The Hall–Kier alpha value is -2.10. The number of amides is 1. The number of benzene rings is 1. The van der Waals surface area contributed by atoms with Crippen molar-refractivity contribution in [2.75, 3.05) is 35.8 Å². The van der Waals surface area contributed by atoms with Gasteiger partial charge in [-0.25, -0.2) is 0 Å². The van der Waals surface area contributed by atoms with Crippen LogP contribution in [0.4, 0.5) is 11.4 Å². The van der Waals surface area contributed by atoms with Gasteiger partial charge >= 0.3 is 5.97 Å². The van der Waals surface area contributed by atoms with Gasteiger partial charge in [0.05, 0.1) is 35.8 Å². The maximum Gasteiger partial charge on any atom is 0.309 e. The minimum Gasteiger partial charge on any atom is -0.481 e. The Morgan fingerprint density at radius 3 is 2.65 bits per heavy atom. The van der Waals surface area contributed by atoms with E-state index in [9.17, 15) is 14.4 Å². The molecule has 2 rings (SSSR count). The van der Waals surface area contributed by atoms with E-state index in [0.29, 0.717) is 24.1 Å². The highest BCUT2D eigenvalue weighted by atomic mass is 32.2. The van der Waals surface area contributed by atoms with Gasteiger partial charge in [-0.3, -0.25) is 14.4 Å². The number of aliphatic hydroxyl groups is 1. The SMILES string of the molecule is Nc1ccc(C(=O)CC(CO)C(=O)O)cc1NC(=O)CSCCCOC1CCCCC1. The summed E-state index contributed by atoms with van der Waals surface area (Å²) in [5, 5.41) is 20.8. The van der Waals surface area contributed by atoms with Gasteiger partial charge in [-0.2, -0.15) is 11.8 Å². The van der Waals surface area contributed by atoms with Crippen molar-refractivity contribution in [3.8, 4) is 0 Å². The van der Waals surface area contributed by atoms with E-state index in [0.717, 1.165) is 25.0 Å². The highest BCUT2D eigenvalue weighted by Gasteiger charge is 2.21. The molecule has 0 heterocycles. The zero-order valence-corrected chi connectivity index (χ0v) is 18.5. The number of ether oxygens (including phenoxy) is 1. The number of hydrogen-bond acceptors (Lipinski definition) is 7. The maximum absolute atomic E-state index is 12.3. The summed E-state index contributed by atoms with van der Waals surface area (Å²) < 4.78 is 5.87. The van der Waals surface area contributed by atoms with Crippen LogP contribution in [-0.4, -0.2) is 58.7 Å².